The molecule has 1 heterocycles. The molecule has 0 spiro atoms. The van der Waals surface area contributed by atoms with E-state index < -0.39 is 0 Å². The first-order valence-corrected chi connectivity index (χ1v) is 2.72. The van der Waals surface area contributed by atoms with E-state index in [1.165, 1.54) is 12.8 Å². The van der Waals surface area contributed by atoms with Crippen LogP contribution in [0.2, 0.25) is 0 Å². The minimum Gasteiger partial charge on any atom is -0.234 e. The van der Waals surface area contributed by atoms with Crippen molar-refractivity contribution in [3.05, 3.63) is 12.7 Å². The summed E-state index contributed by atoms with van der Waals surface area (Å²) in [6.45, 7) is 4.70. The quantitative estimate of drug-likeness (QED) is 0.431. The zero-order valence-corrected chi connectivity index (χ0v) is 4.43. The second kappa shape index (κ2) is 2.12. The molecule has 0 aromatic carbocycles. The fourth-order valence-corrected chi connectivity index (χ4v) is 0.841. The monoisotopic (exact) mass is 96.1 g/mol. The highest BCUT2D eigenvalue weighted by molar-refractivity contribution is 4.88. The molecule has 1 aliphatic rings. The average Bonchev–Trinajstić information content (AvgIpc) is 2.14. The Morgan fingerprint density at radius 2 is 2.57 bits per heavy atom. The number of hydrogen-bond acceptors (Lipinski definition) is 0. The standard InChI is InChI=1S/C6H10N/c1-2-6-4-3-5-7-6/h2,6H,1,3-5H2. The SMILES string of the molecule is C=CC1CCC[N]1. The molecule has 1 rings (SSSR count). The van der Waals surface area contributed by atoms with Crippen LogP contribution in [0.25, 0.3) is 0 Å². The Kier molecular flexibility index (Phi) is 1.47. The molecular weight excluding hydrogens is 86.1 g/mol. The van der Waals surface area contributed by atoms with Crippen molar-refractivity contribution in [3.8, 4) is 0 Å². The summed E-state index contributed by atoms with van der Waals surface area (Å²) in [5.41, 5.74) is 0. The van der Waals surface area contributed by atoms with Crippen LogP contribution in [0, 0.1) is 0 Å². The van der Waals surface area contributed by atoms with E-state index in [1.807, 2.05) is 6.08 Å². The number of rotatable bonds is 1. The second-order valence-electron chi connectivity index (χ2n) is 1.85. The van der Waals surface area contributed by atoms with Gasteiger partial charge in [-0.25, -0.2) is 5.32 Å². The van der Waals surface area contributed by atoms with Gasteiger partial charge in [-0.05, 0) is 12.8 Å². The Labute approximate surface area is 44.4 Å². The van der Waals surface area contributed by atoms with Gasteiger partial charge < -0.3 is 0 Å². The van der Waals surface area contributed by atoms with Gasteiger partial charge in [0.05, 0.1) is 0 Å². The Hall–Kier alpha value is -0.300. The largest absolute Gasteiger partial charge is 0.234 e. The molecule has 1 radical (unpaired) electrons. The van der Waals surface area contributed by atoms with Gasteiger partial charge in [0.25, 0.3) is 0 Å². The van der Waals surface area contributed by atoms with Crippen molar-refractivity contribution in [2.45, 2.75) is 18.9 Å². The molecule has 1 saturated heterocycles. The van der Waals surface area contributed by atoms with Gasteiger partial charge in [0, 0.05) is 12.6 Å². The molecule has 1 aliphatic heterocycles. The van der Waals surface area contributed by atoms with Gasteiger partial charge in [-0.3, -0.25) is 0 Å². The van der Waals surface area contributed by atoms with Gasteiger partial charge in [-0.15, -0.1) is 6.58 Å². The first-order valence-electron chi connectivity index (χ1n) is 2.72. The molecule has 1 nitrogen and oxygen atoms in total. The molecule has 0 aromatic rings. The van der Waals surface area contributed by atoms with Crippen LogP contribution in [0.1, 0.15) is 12.8 Å². The van der Waals surface area contributed by atoms with Gasteiger partial charge in [0.1, 0.15) is 0 Å². The van der Waals surface area contributed by atoms with Crippen LogP contribution in [0.5, 0.6) is 0 Å². The van der Waals surface area contributed by atoms with E-state index in [-0.39, 0.29) is 0 Å². The summed E-state index contributed by atoms with van der Waals surface area (Å²) in [6.07, 6.45) is 4.41. The fourth-order valence-electron chi connectivity index (χ4n) is 0.841. The molecule has 0 aliphatic carbocycles. The highest BCUT2D eigenvalue weighted by Gasteiger charge is 2.09. The van der Waals surface area contributed by atoms with Gasteiger partial charge in [0.2, 0.25) is 0 Å². The molecular formula is C6H10N. The van der Waals surface area contributed by atoms with Crippen molar-refractivity contribution < 1.29 is 0 Å². The molecule has 1 fully saturated rings. The Morgan fingerprint density at radius 3 is 2.86 bits per heavy atom. The molecule has 1 heteroatoms. The first-order chi connectivity index (χ1) is 3.43. The van der Waals surface area contributed by atoms with E-state index in [2.05, 4.69) is 11.9 Å². The van der Waals surface area contributed by atoms with Gasteiger partial charge >= 0.3 is 0 Å². The highest BCUT2D eigenvalue weighted by Crippen LogP contribution is 2.05. The zero-order chi connectivity index (χ0) is 5.11. The van der Waals surface area contributed by atoms with E-state index >= 15 is 0 Å². The van der Waals surface area contributed by atoms with Crippen LogP contribution in [0.15, 0.2) is 12.7 Å². The molecule has 39 valence electrons. The molecule has 1 unspecified atom stereocenters. The van der Waals surface area contributed by atoms with E-state index in [1.54, 1.807) is 0 Å². The van der Waals surface area contributed by atoms with Crippen LogP contribution in [0.4, 0.5) is 0 Å². The summed E-state index contributed by atoms with van der Waals surface area (Å²) in [6, 6.07) is 0.486. The normalized spacial score (nSPS) is 30.6. The van der Waals surface area contributed by atoms with Crippen molar-refractivity contribution >= 4 is 0 Å². The predicted molar refractivity (Wildman–Crippen MR) is 30.2 cm³/mol. The Balaban J connectivity index is 2.26. The lowest BCUT2D eigenvalue weighted by molar-refractivity contribution is 0.714. The molecule has 0 saturated carbocycles. The third kappa shape index (κ3) is 1.03. The summed E-state index contributed by atoms with van der Waals surface area (Å²) in [5.74, 6) is 0. The maximum Gasteiger partial charge on any atom is 0.0423 e. The molecule has 0 aromatic heterocycles. The third-order valence-corrected chi connectivity index (χ3v) is 1.29. The minimum atomic E-state index is 0.486. The van der Waals surface area contributed by atoms with Gasteiger partial charge in [0.15, 0.2) is 0 Å². The van der Waals surface area contributed by atoms with Crippen molar-refractivity contribution in [1.29, 1.82) is 0 Å². The predicted octanol–water partition coefficient (Wildman–Crippen LogP) is 0.939. The van der Waals surface area contributed by atoms with Crippen LogP contribution >= 0.6 is 0 Å². The maximum atomic E-state index is 4.24. The van der Waals surface area contributed by atoms with E-state index in [9.17, 15) is 0 Å². The third-order valence-electron chi connectivity index (χ3n) is 1.29. The number of hydrogen-bond donors (Lipinski definition) is 0. The molecule has 0 N–H and O–H groups in total. The first kappa shape index (κ1) is 4.85. The Bertz CT molecular complexity index is 62.6. The van der Waals surface area contributed by atoms with Crippen LogP contribution < -0.4 is 5.32 Å². The molecule has 7 heavy (non-hydrogen) atoms. The van der Waals surface area contributed by atoms with Gasteiger partial charge in [-0.1, -0.05) is 6.08 Å². The van der Waals surface area contributed by atoms with Crippen molar-refractivity contribution in [1.82, 2.24) is 5.32 Å². The summed E-state index contributed by atoms with van der Waals surface area (Å²) < 4.78 is 0. The lowest BCUT2D eigenvalue weighted by Crippen LogP contribution is -2.08. The fraction of sp³-hybridized carbons (Fsp3) is 0.667. The van der Waals surface area contributed by atoms with Crippen LogP contribution in [0.3, 0.4) is 0 Å². The number of nitrogens with zero attached hydrogens (tertiary/aromatic N) is 1. The summed E-state index contributed by atoms with van der Waals surface area (Å²) in [5, 5.41) is 4.24. The topological polar surface area (TPSA) is 14.1 Å². The van der Waals surface area contributed by atoms with E-state index in [0.717, 1.165) is 6.54 Å². The molecule has 0 amide bonds. The van der Waals surface area contributed by atoms with E-state index in [4.69, 9.17) is 0 Å². The van der Waals surface area contributed by atoms with E-state index in [0.29, 0.717) is 6.04 Å². The van der Waals surface area contributed by atoms with Crippen molar-refractivity contribution in [3.63, 3.8) is 0 Å². The van der Waals surface area contributed by atoms with Crippen molar-refractivity contribution in [2.75, 3.05) is 6.54 Å². The summed E-state index contributed by atoms with van der Waals surface area (Å²) >= 11 is 0. The van der Waals surface area contributed by atoms with Crippen LogP contribution in [-0.2, 0) is 0 Å². The summed E-state index contributed by atoms with van der Waals surface area (Å²) in [7, 11) is 0. The zero-order valence-electron chi connectivity index (χ0n) is 4.43. The lowest BCUT2D eigenvalue weighted by Gasteiger charge is -1.95. The smallest absolute Gasteiger partial charge is 0.0423 e. The second-order valence-corrected chi connectivity index (χ2v) is 1.85. The maximum absolute atomic E-state index is 4.24. The average molecular weight is 96.2 g/mol. The molecule has 0 bridgehead atoms. The summed E-state index contributed by atoms with van der Waals surface area (Å²) in [4.78, 5) is 0. The Morgan fingerprint density at radius 1 is 1.71 bits per heavy atom. The lowest BCUT2D eigenvalue weighted by atomic mass is 10.2. The van der Waals surface area contributed by atoms with Crippen molar-refractivity contribution in [2.24, 2.45) is 0 Å². The molecule has 1 atom stereocenters. The highest BCUT2D eigenvalue weighted by atomic mass is 14.9. The van der Waals surface area contributed by atoms with Gasteiger partial charge in [-0.2, -0.15) is 0 Å². The van der Waals surface area contributed by atoms with Crippen LogP contribution in [-0.4, -0.2) is 12.6 Å². The minimum absolute atomic E-state index is 0.486.